The number of rotatable bonds is 5. The van der Waals surface area contributed by atoms with E-state index in [1.807, 2.05) is 12.1 Å². The van der Waals surface area contributed by atoms with Crippen LogP contribution in [0.25, 0.3) is 32.7 Å². The van der Waals surface area contributed by atoms with Gasteiger partial charge < -0.3 is 10.1 Å². The number of amides is 1. The molecular weight excluding hydrogens is 346 g/mol. The zero-order valence-corrected chi connectivity index (χ0v) is 16.2. The molecule has 0 unspecified atom stereocenters. The number of nitrogens with one attached hydrogen (secondary N) is 1. The zero-order chi connectivity index (χ0) is 19.5. The van der Waals surface area contributed by atoms with E-state index in [0.717, 1.165) is 34.1 Å². The largest absolute Gasteiger partial charge is 0.495 e. The van der Waals surface area contributed by atoms with Gasteiger partial charge in [0.05, 0.1) is 7.11 Å². The molecule has 0 radical (unpaired) electrons. The van der Waals surface area contributed by atoms with Gasteiger partial charge >= 0.3 is 0 Å². The Bertz CT molecular complexity index is 1160. The fraction of sp³-hybridized carbons (Fsp3) is 0.160. The Hall–Kier alpha value is -3.33. The summed E-state index contributed by atoms with van der Waals surface area (Å²) in [5.41, 5.74) is 3.44. The number of hydrogen-bond acceptors (Lipinski definition) is 2. The Morgan fingerprint density at radius 2 is 1.54 bits per heavy atom. The van der Waals surface area contributed by atoms with Gasteiger partial charge in [-0.25, -0.2) is 0 Å². The van der Waals surface area contributed by atoms with E-state index in [0.29, 0.717) is 6.54 Å². The van der Waals surface area contributed by atoms with Crippen molar-refractivity contribution in [3.63, 3.8) is 0 Å². The Morgan fingerprint density at radius 3 is 2.29 bits per heavy atom. The Kier molecular flexibility index (Phi) is 4.98. The molecule has 0 aliphatic heterocycles. The van der Waals surface area contributed by atoms with Crippen LogP contribution in [-0.4, -0.2) is 19.6 Å². The molecule has 0 bridgehead atoms. The van der Waals surface area contributed by atoms with Crippen LogP contribution in [0.4, 0.5) is 0 Å². The summed E-state index contributed by atoms with van der Waals surface area (Å²) in [7, 11) is 1.73. The molecule has 3 nitrogen and oxygen atoms in total. The zero-order valence-electron chi connectivity index (χ0n) is 16.2. The smallest absolute Gasteiger partial charge is 0.216 e. The number of carbonyl (C=O) groups excluding carboxylic acids is 1. The maximum atomic E-state index is 11.3. The predicted octanol–water partition coefficient (Wildman–Crippen LogP) is 5.35. The first-order valence-electron chi connectivity index (χ1n) is 9.50. The van der Waals surface area contributed by atoms with E-state index in [-0.39, 0.29) is 5.91 Å². The van der Waals surface area contributed by atoms with E-state index in [1.165, 1.54) is 16.3 Å². The fourth-order valence-electron chi connectivity index (χ4n) is 3.88. The first-order chi connectivity index (χ1) is 13.7. The summed E-state index contributed by atoms with van der Waals surface area (Å²) in [6, 6.07) is 25.3. The number of methoxy groups -OCH3 is 1. The molecule has 0 aliphatic carbocycles. The molecular formula is C25H23NO2. The molecule has 0 aromatic heterocycles. The minimum absolute atomic E-state index is 0.00732. The van der Waals surface area contributed by atoms with E-state index in [9.17, 15) is 4.79 Å². The molecule has 4 aromatic carbocycles. The van der Waals surface area contributed by atoms with Gasteiger partial charge in [0.25, 0.3) is 0 Å². The second kappa shape index (κ2) is 7.73. The van der Waals surface area contributed by atoms with Crippen LogP contribution in [0, 0.1) is 0 Å². The van der Waals surface area contributed by atoms with Crippen LogP contribution in [0.15, 0.2) is 72.8 Å². The first-order valence-corrected chi connectivity index (χ1v) is 9.50. The SMILES string of the molecule is COc1c(-c2cccc3ccccc23)cc(CCNC(C)=O)c2ccccc12. The predicted molar refractivity (Wildman–Crippen MR) is 116 cm³/mol. The topological polar surface area (TPSA) is 38.3 Å². The molecule has 28 heavy (non-hydrogen) atoms. The van der Waals surface area contributed by atoms with Crippen LogP contribution in [0.2, 0.25) is 0 Å². The van der Waals surface area contributed by atoms with E-state index in [4.69, 9.17) is 4.74 Å². The lowest BCUT2D eigenvalue weighted by Gasteiger charge is -2.17. The standard InChI is InChI=1S/C25H23NO2/c1-17(27)26-15-14-19-16-24(25(28-2)23-12-6-5-11-21(19)23)22-13-7-9-18-8-3-4-10-20(18)22/h3-13,16H,14-15H2,1-2H3,(H,26,27). The molecule has 4 aromatic rings. The third-order valence-corrected chi connectivity index (χ3v) is 5.13. The summed E-state index contributed by atoms with van der Waals surface area (Å²) in [5, 5.41) is 7.56. The Balaban J connectivity index is 1.95. The lowest BCUT2D eigenvalue weighted by Crippen LogP contribution is -2.22. The molecule has 0 aliphatic rings. The molecule has 0 saturated heterocycles. The average Bonchev–Trinajstić information content (AvgIpc) is 2.72. The maximum Gasteiger partial charge on any atom is 0.216 e. The Labute approximate surface area is 165 Å². The molecule has 0 spiro atoms. The van der Waals surface area contributed by atoms with Crippen molar-refractivity contribution in [2.24, 2.45) is 0 Å². The highest BCUT2D eigenvalue weighted by atomic mass is 16.5. The van der Waals surface area contributed by atoms with Crippen LogP contribution < -0.4 is 10.1 Å². The fourth-order valence-corrected chi connectivity index (χ4v) is 3.88. The second-order valence-electron chi connectivity index (χ2n) is 6.92. The number of benzene rings is 4. The summed E-state index contributed by atoms with van der Waals surface area (Å²) >= 11 is 0. The molecule has 0 fully saturated rings. The molecule has 3 heteroatoms. The monoisotopic (exact) mass is 369 g/mol. The normalized spacial score (nSPS) is 10.9. The van der Waals surface area contributed by atoms with Gasteiger partial charge in [-0.3, -0.25) is 4.79 Å². The van der Waals surface area contributed by atoms with Crippen LogP contribution in [0.3, 0.4) is 0 Å². The van der Waals surface area contributed by atoms with Gasteiger partial charge in [-0.2, -0.15) is 0 Å². The van der Waals surface area contributed by atoms with Crippen molar-refractivity contribution in [1.29, 1.82) is 0 Å². The highest BCUT2D eigenvalue weighted by Gasteiger charge is 2.16. The molecule has 1 amide bonds. The minimum atomic E-state index is -0.00732. The van der Waals surface area contributed by atoms with Crippen molar-refractivity contribution in [2.75, 3.05) is 13.7 Å². The summed E-state index contributed by atoms with van der Waals surface area (Å²) in [4.78, 5) is 11.3. The van der Waals surface area contributed by atoms with Crippen LogP contribution in [-0.2, 0) is 11.2 Å². The molecule has 0 saturated carbocycles. The number of fused-ring (bicyclic) bond motifs is 2. The summed E-state index contributed by atoms with van der Waals surface area (Å²) in [6.45, 7) is 2.16. The molecule has 0 heterocycles. The Morgan fingerprint density at radius 1 is 0.857 bits per heavy atom. The van der Waals surface area contributed by atoms with Crippen LogP contribution in [0.5, 0.6) is 5.75 Å². The summed E-state index contributed by atoms with van der Waals surface area (Å²) < 4.78 is 5.89. The number of ether oxygens (including phenoxy) is 1. The van der Waals surface area contributed by atoms with Crippen molar-refractivity contribution in [3.05, 3.63) is 78.4 Å². The van der Waals surface area contributed by atoms with Crippen molar-refractivity contribution in [3.8, 4) is 16.9 Å². The van der Waals surface area contributed by atoms with Crippen molar-refractivity contribution >= 4 is 27.5 Å². The lowest BCUT2D eigenvalue weighted by atomic mass is 9.91. The van der Waals surface area contributed by atoms with Crippen LogP contribution in [0.1, 0.15) is 12.5 Å². The van der Waals surface area contributed by atoms with Gasteiger partial charge in [-0.15, -0.1) is 0 Å². The van der Waals surface area contributed by atoms with Crippen LogP contribution >= 0.6 is 0 Å². The third-order valence-electron chi connectivity index (χ3n) is 5.13. The summed E-state index contributed by atoms with van der Waals surface area (Å²) in [6.07, 6.45) is 0.766. The van der Waals surface area contributed by atoms with Crippen molar-refractivity contribution < 1.29 is 9.53 Å². The molecule has 140 valence electrons. The highest BCUT2D eigenvalue weighted by Crippen LogP contribution is 2.41. The maximum absolute atomic E-state index is 11.3. The minimum Gasteiger partial charge on any atom is -0.495 e. The summed E-state index contributed by atoms with van der Waals surface area (Å²) in [5.74, 6) is 0.877. The highest BCUT2D eigenvalue weighted by molar-refractivity contribution is 6.04. The van der Waals surface area contributed by atoms with E-state index >= 15 is 0 Å². The second-order valence-corrected chi connectivity index (χ2v) is 6.92. The number of hydrogen-bond donors (Lipinski definition) is 1. The van der Waals surface area contributed by atoms with Crippen molar-refractivity contribution in [1.82, 2.24) is 5.32 Å². The van der Waals surface area contributed by atoms with Gasteiger partial charge in [-0.05, 0) is 39.8 Å². The van der Waals surface area contributed by atoms with E-state index < -0.39 is 0 Å². The molecule has 1 N–H and O–H groups in total. The molecule has 4 rings (SSSR count). The van der Waals surface area contributed by atoms with Gasteiger partial charge in [0.1, 0.15) is 5.75 Å². The first kappa shape index (κ1) is 18.1. The quantitative estimate of drug-likeness (QED) is 0.515. The van der Waals surface area contributed by atoms with Gasteiger partial charge in [-0.1, -0.05) is 66.7 Å². The van der Waals surface area contributed by atoms with Gasteiger partial charge in [0.2, 0.25) is 5.91 Å². The van der Waals surface area contributed by atoms with E-state index in [2.05, 4.69) is 66.0 Å². The molecule has 0 atom stereocenters. The lowest BCUT2D eigenvalue weighted by molar-refractivity contribution is -0.118. The average molecular weight is 369 g/mol. The van der Waals surface area contributed by atoms with Crippen molar-refractivity contribution in [2.45, 2.75) is 13.3 Å². The number of carbonyl (C=O) groups is 1. The van der Waals surface area contributed by atoms with Gasteiger partial charge in [0, 0.05) is 24.4 Å². The van der Waals surface area contributed by atoms with E-state index in [1.54, 1.807) is 14.0 Å². The third kappa shape index (κ3) is 3.31. The van der Waals surface area contributed by atoms with Gasteiger partial charge in [0.15, 0.2) is 0 Å².